The van der Waals surface area contributed by atoms with E-state index in [1.165, 1.54) is 0 Å². The van der Waals surface area contributed by atoms with Gasteiger partial charge in [0.15, 0.2) is 0 Å². The van der Waals surface area contributed by atoms with Crippen LogP contribution in [0.1, 0.15) is 25.3 Å². The van der Waals surface area contributed by atoms with E-state index in [1.54, 1.807) is 0 Å². The van der Waals surface area contributed by atoms with Gasteiger partial charge in [0.1, 0.15) is 6.04 Å². The van der Waals surface area contributed by atoms with Gasteiger partial charge in [-0.05, 0) is 37.4 Å². The summed E-state index contributed by atoms with van der Waals surface area (Å²) in [7, 11) is 0. The van der Waals surface area contributed by atoms with E-state index in [0.29, 0.717) is 12.3 Å². The van der Waals surface area contributed by atoms with Gasteiger partial charge in [-0.15, -0.1) is 0 Å². The highest BCUT2D eigenvalue weighted by Crippen LogP contribution is 2.15. The Bertz CT molecular complexity index is 496. The Morgan fingerprint density at radius 1 is 1.27 bits per heavy atom. The Hall–Kier alpha value is -1.88. The zero-order valence-electron chi connectivity index (χ0n) is 13.0. The number of piperidine rings is 1. The third kappa shape index (κ3) is 5.15. The second-order valence-corrected chi connectivity index (χ2v) is 6.11. The zero-order valence-corrected chi connectivity index (χ0v) is 13.0. The fourth-order valence-electron chi connectivity index (χ4n) is 2.71. The van der Waals surface area contributed by atoms with Crippen molar-refractivity contribution in [1.29, 1.82) is 0 Å². The third-order valence-electron chi connectivity index (χ3n) is 4.16. The van der Waals surface area contributed by atoms with Crippen molar-refractivity contribution in [3.63, 3.8) is 0 Å². The summed E-state index contributed by atoms with van der Waals surface area (Å²) in [5, 5.41) is 11.9. The molecule has 1 heterocycles. The van der Waals surface area contributed by atoms with Gasteiger partial charge in [-0.1, -0.05) is 37.3 Å². The summed E-state index contributed by atoms with van der Waals surface area (Å²) in [6.07, 6.45) is 2.50. The molecule has 0 unspecified atom stereocenters. The van der Waals surface area contributed by atoms with Crippen molar-refractivity contribution >= 4 is 11.9 Å². The molecule has 0 bridgehead atoms. The molecule has 1 aliphatic rings. The Kier molecular flexibility index (Phi) is 5.95. The topological polar surface area (TPSA) is 69.6 Å². The minimum absolute atomic E-state index is 0.210. The fraction of sp³-hybridized carbons (Fsp3) is 0.529. The summed E-state index contributed by atoms with van der Waals surface area (Å²) < 4.78 is 0. The number of carbonyl (C=O) groups excluding carboxylic acids is 1. The molecule has 120 valence electrons. The van der Waals surface area contributed by atoms with Crippen molar-refractivity contribution < 1.29 is 14.7 Å². The number of carboxylic acids is 1. The molecule has 0 aliphatic carbocycles. The van der Waals surface area contributed by atoms with Crippen LogP contribution in [0.5, 0.6) is 0 Å². The summed E-state index contributed by atoms with van der Waals surface area (Å²) in [6, 6.07) is 8.48. The lowest BCUT2D eigenvalue weighted by Crippen LogP contribution is -2.47. The van der Waals surface area contributed by atoms with Crippen molar-refractivity contribution in [3.8, 4) is 0 Å². The molecule has 5 nitrogen and oxygen atoms in total. The highest BCUT2D eigenvalue weighted by molar-refractivity contribution is 5.84. The summed E-state index contributed by atoms with van der Waals surface area (Å²) in [5.41, 5.74) is 0.905. The first-order chi connectivity index (χ1) is 10.5. The van der Waals surface area contributed by atoms with Crippen LogP contribution in [-0.4, -0.2) is 47.6 Å². The van der Waals surface area contributed by atoms with Crippen molar-refractivity contribution in [2.24, 2.45) is 5.92 Å². The Labute approximate surface area is 131 Å². The van der Waals surface area contributed by atoms with E-state index in [0.717, 1.165) is 31.5 Å². The lowest BCUT2D eigenvalue weighted by Gasteiger charge is -2.29. The van der Waals surface area contributed by atoms with Gasteiger partial charge in [-0.25, -0.2) is 4.79 Å². The van der Waals surface area contributed by atoms with Gasteiger partial charge in [0.2, 0.25) is 5.91 Å². The molecule has 1 aromatic rings. The Balaban J connectivity index is 1.85. The second kappa shape index (κ2) is 7.94. The van der Waals surface area contributed by atoms with Crippen LogP contribution in [0.3, 0.4) is 0 Å². The SMILES string of the molecule is CC1CCN(CC(=O)N[C@H](Cc2ccccc2)C(=O)O)CC1. The summed E-state index contributed by atoms with van der Waals surface area (Å²) in [5.74, 6) is -0.494. The average molecular weight is 304 g/mol. The lowest BCUT2D eigenvalue weighted by atomic mass is 9.99. The number of likely N-dealkylation sites (tertiary alicyclic amines) is 1. The highest BCUT2D eigenvalue weighted by Gasteiger charge is 2.23. The van der Waals surface area contributed by atoms with Gasteiger partial charge < -0.3 is 10.4 Å². The minimum atomic E-state index is -0.996. The van der Waals surface area contributed by atoms with Crippen molar-refractivity contribution in [2.75, 3.05) is 19.6 Å². The van der Waals surface area contributed by atoms with Crippen LogP contribution in [0.15, 0.2) is 30.3 Å². The number of aliphatic carboxylic acids is 1. The predicted molar refractivity (Wildman–Crippen MR) is 84.6 cm³/mol. The standard InChI is InChI=1S/C17H24N2O3/c1-13-7-9-19(10-8-13)12-16(20)18-15(17(21)22)11-14-5-3-2-4-6-14/h2-6,13,15H,7-12H2,1H3,(H,18,20)(H,21,22)/t15-/m1/s1. The molecular formula is C17H24N2O3. The molecule has 1 saturated heterocycles. The summed E-state index contributed by atoms with van der Waals surface area (Å²) in [4.78, 5) is 25.5. The quantitative estimate of drug-likeness (QED) is 0.836. The molecule has 2 rings (SSSR count). The van der Waals surface area contributed by atoms with Crippen molar-refractivity contribution in [3.05, 3.63) is 35.9 Å². The normalized spacial score (nSPS) is 17.9. The number of nitrogens with one attached hydrogen (secondary N) is 1. The Morgan fingerprint density at radius 3 is 2.50 bits per heavy atom. The van der Waals surface area contributed by atoms with Gasteiger partial charge >= 0.3 is 5.97 Å². The first-order valence-electron chi connectivity index (χ1n) is 7.83. The minimum Gasteiger partial charge on any atom is -0.480 e. The number of amides is 1. The van der Waals surface area contributed by atoms with E-state index in [9.17, 15) is 14.7 Å². The molecule has 0 saturated carbocycles. The van der Waals surface area contributed by atoms with E-state index in [4.69, 9.17) is 0 Å². The maximum atomic E-state index is 12.1. The predicted octanol–water partition coefficient (Wildman–Crippen LogP) is 1.53. The van der Waals surface area contributed by atoms with Crippen LogP contribution >= 0.6 is 0 Å². The van der Waals surface area contributed by atoms with Gasteiger partial charge in [0.25, 0.3) is 0 Å². The van der Waals surface area contributed by atoms with E-state index in [1.807, 2.05) is 30.3 Å². The Morgan fingerprint density at radius 2 is 1.91 bits per heavy atom. The molecule has 0 radical (unpaired) electrons. The number of rotatable bonds is 6. The summed E-state index contributed by atoms with van der Waals surface area (Å²) in [6.45, 7) is 4.32. The van der Waals surface area contributed by atoms with Gasteiger partial charge in [-0.2, -0.15) is 0 Å². The molecule has 1 atom stereocenters. The van der Waals surface area contributed by atoms with Crippen LogP contribution < -0.4 is 5.32 Å². The monoisotopic (exact) mass is 304 g/mol. The first-order valence-corrected chi connectivity index (χ1v) is 7.83. The molecule has 0 aromatic heterocycles. The van der Waals surface area contributed by atoms with E-state index in [2.05, 4.69) is 17.1 Å². The second-order valence-electron chi connectivity index (χ2n) is 6.11. The van der Waals surface area contributed by atoms with E-state index >= 15 is 0 Å². The van der Waals surface area contributed by atoms with Crippen LogP contribution in [0.25, 0.3) is 0 Å². The number of nitrogens with zero attached hydrogens (tertiary/aromatic N) is 1. The molecular weight excluding hydrogens is 280 g/mol. The maximum Gasteiger partial charge on any atom is 0.326 e. The van der Waals surface area contributed by atoms with Crippen LogP contribution in [-0.2, 0) is 16.0 Å². The van der Waals surface area contributed by atoms with Crippen LogP contribution in [0.4, 0.5) is 0 Å². The number of hydrogen-bond donors (Lipinski definition) is 2. The first kappa shape index (κ1) is 16.5. The zero-order chi connectivity index (χ0) is 15.9. The van der Waals surface area contributed by atoms with Gasteiger partial charge in [0.05, 0.1) is 6.54 Å². The van der Waals surface area contributed by atoms with Crippen LogP contribution in [0.2, 0.25) is 0 Å². The molecule has 0 spiro atoms. The maximum absolute atomic E-state index is 12.1. The van der Waals surface area contributed by atoms with E-state index < -0.39 is 12.0 Å². The molecule has 2 N–H and O–H groups in total. The third-order valence-corrected chi connectivity index (χ3v) is 4.16. The lowest BCUT2D eigenvalue weighted by molar-refractivity contribution is -0.142. The molecule has 1 aromatic carbocycles. The van der Waals surface area contributed by atoms with E-state index in [-0.39, 0.29) is 12.5 Å². The molecule has 1 aliphatic heterocycles. The largest absolute Gasteiger partial charge is 0.480 e. The fourth-order valence-corrected chi connectivity index (χ4v) is 2.71. The molecule has 22 heavy (non-hydrogen) atoms. The summed E-state index contributed by atoms with van der Waals surface area (Å²) >= 11 is 0. The van der Waals surface area contributed by atoms with Crippen LogP contribution in [0, 0.1) is 5.92 Å². The van der Waals surface area contributed by atoms with Crippen molar-refractivity contribution in [1.82, 2.24) is 10.2 Å². The smallest absolute Gasteiger partial charge is 0.326 e. The highest BCUT2D eigenvalue weighted by atomic mass is 16.4. The number of carboxylic acid groups (broad SMARTS) is 1. The molecule has 5 heteroatoms. The van der Waals surface area contributed by atoms with Gasteiger partial charge in [-0.3, -0.25) is 9.69 Å². The molecule has 1 amide bonds. The number of hydrogen-bond acceptors (Lipinski definition) is 3. The number of benzene rings is 1. The van der Waals surface area contributed by atoms with Gasteiger partial charge in [0, 0.05) is 6.42 Å². The van der Waals surface area contributed by atoms with Crippen molar-refractivity contribution in [2.45, 2.75) is 32.2 Å². The number of carbonyl (C=O) groups is 2. The molecule has 1 fully saturated rings. The average Bonchev–Trinajstić information content (AvgIpc) is 2.50.